The molecular weight excluding hydrogens is 306 g/mol. The molecule has 0 aromatic heterocycles. The number of halogens is 1. The van der Waals surface area contributed by atoms with Crippen molar-refractivity contribution in [2.75, 3.05) is 12.4 Å². The van der Waals surface area contributed by atoms with Crippen molar-refractivity contribution in [1.29, 1.82) is 0 Å². The number of carbonyl (C=O) groups is 1. The molecule has 1 aromatic rings. The largest absolute Gasteiger partial charge is 0.467 e. The zero-order valence-electron chi connectivity index (χ0n) is 11.2. The Morgan fingerprint density at radius 1 is 1.32 bits per heavy atom. The maximum atomic E-state index is 12.0. The molecule has 0 bridgehead atoms. The van der Waals surface area contributed by atoms with Gasteiger partial charge in [0.25, 0.3) is 0 Å². The summed E-state index contributed by atoms with van der Waals surface area (Å²) >= 11 is 3.51. The SMILES string of the molecule is COC(=O)C(Nc1ccccc1Br)C1CCCCC1. The summed E-state index contributed by atoms with van der Waals surface area (Å²) < 4.78 is 5.93. The van der Waals surface area contributed by atoms with Gasteiger partial charge in [-0.05, 0) is 46.8 Å². The Kier molecular flexibility index (Phi) is 5.25. The van der Waals surface area contributed by atoms with Gasteiger partial charge in [-0.25, -0.2) is 4.79 Å². The first kappa shape index (κ1) is 14.4. The first-order chi connectivity index (χ1) is 9.22. The van der Waals surface area contributed by atoms with Crippen LogP contribution in [-0.4, -0.2) is 19.1 Å². The van der Waals surface area contributed by atoms with E-state index < -0.39 is 0 Å². The van der Waals surface area contributed by atoms with E-state index in [-0.39, 0.29) is 12.0 Å². The van der Waals surface area contributed by atoms with Gasteiger partial charge in [-0.3, -0.25) is 0 Å². The number of rotatable bonds is 4. The van der Waals surface area contributed by atoms with Crippen LogP contribution >= 0.6 is 15.9 Å². The number of methoxy groups -OCH3 is 1. The minimum atomic E-state index is -0.246. The van der Waals surface area contributed by atoms with Gasteiger partial charge in [0.05, 0.1) is 7.11 Å². The van der Waals surface area contributed by atoms with Crippen LogP contribution < -0.4 is 5.32 Å². The fourth-order valence-electron chi connectivity index (χ4n) is 2.71. The molecule has 1 aromatic carbocycles. The number of para-hydroxylation sites is 1. The summed E-state index contributed by atoms with van der Waals surface area (Å²) in [5, 5.41) is 3.35. The summed E-state index contributed by atoms with van der Waals surface area (Å²) in [7, 11) is 1.46. The summed E-state index contributed by atoms with van der Waals surface area (Å²) in [6, 6.07) is 7.62. The Labute approximate surface area is 122 Å². The molecule has 1 aliphatic rings. The van der Waals surface area contributed by atoms with Crippen LogP contribution in [0.25, 0.3) is 0 Å². The molecule has 1 unspecified atom stereocenters. The van der Waals surface area contributed by atoms with E-state index in [1.165, 1.54) is 26.4 Å². The van der Waals surface area contributed by atoms with Crippen molar-refractivity contribution in [2.24, 2.45) is 5.92 Å². The molecule has 104 valence electrons. The molecule has 0 saturated heterocycles. The van der Waals surface area contributed by atoms with Crippen molar-refractivity contribution in [1.82, 2.24) is 0 Å². The Morgan fingerprint density at radius 3 is 2.63 bits per heavy atom. The van der Waals surface area contributed by atoms with Gasteiger partial charge in [0.1, 0.15) is 6.04 Å². The quantitative estimate of drug-likeness (QED) is 0.851. The van der Waals surface area contributed by atoms with Gasteiger partial charge in [-0.1, -0.05) is 31.4 Å². The number of benzene rings is 1. The van der Waals surface area contributed by atoms with E-state index in [0.717, 1.165) is 23.0 Å². The maximum Gasteiger partial charge on any atom is 0.328 e. The van der Waals surface area contributed by atoms with E-state index in [2.05, 4.69) is 21.2 Å². The Balaban J connectivity index is 2.13. The fraction of sp³-hybridized carbons (Fsp3) is 0.533. The summed E-state index contributed by atoms with van der Waals surface area (Å²) in [5.74, 6) is 0.205. The first-order valence-electron chi connectivity index (χ1n) is 6.81. The van der Waals surface area contributed by atoms with E-state index in [1.54, 1.807) is 0 Å². The van der Waals surface area contributed by atoms with Gasteiger partial charge in [0.15, 0.2) is 0 Å². The van der Waals surface area contributed by atoms with Crippen molar-refractivity contribution in [2.45, 2.75) is 38.1 Å². The molecule has 1 aliphatic carbocycles. The molecule has 0 aliphatic heterocycles. The number of ether oxygens (including phenoxy) is 1. The van der Waals surface area contributed by atoms with Crippen molar-refractivity contribution in [3.63, 3.8) is 0 Å². The first-order valence-corrected chi connectivity index (χ1v) is 7.60. The molecule has 19 heavy (non-hydrogen) atoms. The van der Waals surface area contributed by atoms with Crippen LogP contribution in [0.4, 0.5) is 5.69 Å². The standard InChI is InChI=1S/C15H20BrNO2/c1-19-15(18)14(11-7-3-2-4-8-11)17-13-10-6-5-9-12(13)16/h5-6,9-11,14,17H,2-4,7-8H2,1H3. The Hall–Kier alpha value is -1.03. The van der Waals surface area contributed by atoms with E-state index in [9.17, 15) is 4.79 Å². The lowest BCUT2D eigenvalue weighted by molar-refractivity contribution is -0.143. The van der Waals surface area contributed by atoms with Crippen molar-refractivity contribution in [3.8, 4) is 0 Å². The number of nitrogens with one attached hydrogen (secondary N) is 1. The lowest BCUT2D eigenvalue weighted by atomic mass is 9.83. The topological polar surface area (TPSA) is 38.3 Å². The number of hydrogen-bond donors (Lipinski definition) is 1. The molecule has 1 saturated carbocycles. The second-order valence-corrected chi connectivity index (χ2v) is 5.88. The third-order valence-corrected chi connectivity index (χ3v) is 4.45. The molecule has 3 nitrogen and oxygen atoms in total. The zero-order chi connectivity index (χ0) is 13.7. The average molecular weight is 326 g/mol. The monoisotopic (exact) mass is 325 g/mol. The molecule has 0 heterocycles. The summed E-state index contributed by atoms with van der Waals surface area (Å²) in [5.41, 5.74) is 0.948. The van der Waals surface area contributed by atoms with Crippen molar-refractivity contribution < 1.29 is 9.53 Å². The van der Waals surface area contributed by atoms with Gasteiger partial charge < -0.3 is 10.1 Å². The van der Waals surface area contributed by atoms with E-state index in [1.807, 2.05) is 24.3 Å². The maximum absolute atomic E-state index is 12.0. The third kappa shape index (κ3) is 3.72. The highest BCUT2D eigenvalue weighted by Crippen LogP contribution is 2.30. The summed E-state index contributed by atoms with van der Waals surface area (Å²) in [4.78, 5) is 12.0. The summed E-state index contributed by atoms with van der Waals surface area (Å²) in [6.07, 6.45) is 5.87. The number of esters is 1. The normalized spacial score (nSPS) is 17.8. The van der Waals surface area contributed by atoms with Crippen LogP contribution in [-0.2, 0) is 9.53 Å². The second-order valence-electron chi connectivity index (χ2n) is 5.02. The highest BCUT2D eigenvalue weighted by Gasteiger charge is 2.30. The lowest BCUT2D eigenvalue weighted by Gasteiger charge is -2.30. The molecule has 1 N–H and O–H groups in total. The smallest absolute Gasteiger partial charge is 0.328 e. The fourth-order valence-corrected chi connectivity index (χ4v) is 3.11. The van der Waals surface area contributed by atoms with E-state index in [0.29, 0.717) is 5.92 Å². The minimum Gasteiger partial charge on any atom is -0.467 e. The average Bonchev–Trinajstić information content (AvgIpc) is 2.46. The molecule has 1 fully saturated rings. The predicted molar refractivity (Wildman–Crippen MR) is 80.1 cm³/mol. The molecular formula is C15H20BrNO2. The van der Waals surface area contributed by atoms with Crippen LogP contribution in [0.15, 0.2) is 28.7 Å². The van der Waals surface area contributed by atoms with Crippen molar-refractivity contribution >= 4 is 27.6 Å². The highest BCUT2D eigenvalue weighted by molar-refractivity contribution is 9.10. The van der Waals surface area contributed by atoms with Crippen LogP contribution in [0.1, 0.15) is 32.1 Å². The van der Waals surface area contributed by atoms with Gasteiger partial charge in [-0.15, -0.1) is 0 Å². The van der Waals surface area contributed by atoms with Crippen LogP contribution in [0.3, 0.4) is 0 Å². The van der Waals surface area contributed by atoms with Gasteiger partial charge in [0.2, 0.25) is 0 Å². The number of hydrogen-bond acceptors (Lipinski definition) is 3. The lowest BCUT2D eigenvalue weighted by Crippen LogP contribution is -2.39. The van der Waals surface area contributed by atoms with Gasteiger partial charge in [-0.2, -0.15) is 0 Å². The van der Waals surface area contributed by atoms with Crippen molar-refractivity contribution in [3.05, 3.63) is 28.7 Å². The van der Waals surface area contributed by atoms with Gasteiger partial charge >= 0.3 is 5.97 Å². The number of anilines is 1. The van der Waals surface area contributed by atoms with Crippen LogP contribution in [0.5, 0.6) is 0 Å². The zero-order valence-corrected chi connectivity index (χ0v) is 12.8. The molecule has 1 atom stereocenters. The van der Waals surface area contributed by atoms with Gasteiger partial charge in [0, 0.05) is 10.2 Å². The molecule has 0 amide bonds. The Morgan fingerprint density at radius 2 is 2.00 bits per heavy atom. The third-order valence-electron chi connectivity index (χ3n) is 3.76. The van der Waals surface area contributed by atoms with Crippen LogP contribution in [0.2, 0.25) is 0 Å². The minimum absolute atomic E-state index is 0.164. The highest BCUT2D eigenvalue weighted by atomic mass is 79.9. The summed E-state index contributed by atoms with van der Waals surface area (Å²) in [6.45, 7) is 0. The van der Waals surface area contributed by atoms with E-state index in [4.69, 9.17) is 4.74 Å². The predicted octanol–water partition coefficient (Wildman–Crippen LogP) is 3.98. The Bertz CT molecular complexity index is 430. The molecule has 2 rings (SSSR count). The molecule has 4 heteroatoms. The van der Waals surface area contributed by atoms with E-state index >= 15 is 0 Å². The number of carbonyl (C=O) groups excluding carboxylic acids is 1. The second kappa shape index (κ2) is 6.94. The van der Waals surface area contributed by atoms with Crippen LogP contribution in [0, 0.1) is 5.92 Å². The molecule has 0 spiro atoms. The molecule has 0 radical (unpaired) electrons.